The molecule has 0 bridgehead atoms. The number of hydrogen-bond donors (Lipinski definition) is 1. The summed E-state index contributed by atoms with van der Waals surface area (Å²) < 4.78 is 26.4. The highest BCUT2D eigenvalue weighted by Gasteiger charge is 2.34. The molecule has 0 fully saturated rings. The van der Waals surface area contributed by atoms with Gasteiger partial charge in [0.15, 0.2) is 9.84 Å². The zero-order chi connectivity index (χ0) is 17.6. The van der Waals surface area contributed by atoms with E-state index in [0.29, 0.717) is 38.1 Å². The fraction of sp³-hybridized carbons (Fsp3) is 0.167. The topological polar surface area (TPSA) is 59.1 Å². The second-order valence-electron chi connectivity index (χ2n) is 5.96. The molecule has 2 aromatic carbocycles. The summed E-state index contributed by atoms with van der Waals surface area (Å²) in [5.41, 5.74) is 1.83. The van der Waals surface area contributed by atoms with Crippen LogP contribution in [0.15, 0.2) is 53.4 Å². The van der Waals surface area contributed by atoms with E-state index >= 15 is 0 Å². The van der Waals surface area contributed by atoms with Gasteiger partial charge in [0, 0.05) is 23.5 Å². The fourth-order valence-electron chi connectivity index (χ4n) is 3.13. The smallest absolute Gasteiger partial charge is 0.188 e. The average molecular weight is 393 g/mol. The zero-order valence-corrected chi connectivity index (χ0v) is 15.4. The fourth-order valence-corrected chi connectivity index (χ4v) is 5.42. The average Bonchev–Trinajstić information content (AvgIpc) is 2.72. The van der Waals surface area contributed by atoms with Gasteiger partial charge in [-0.15, -0.1) is 0 Å². The molecule has 0 saturated heterocycles. The summed E-state index contributed by atoms with van der Waals surface area (Å²) in [6.07, 6.45) is 0. The van der Waals surface area contributed by atoms with Crippen LogP contribution in [-0.2, 0) is 16.4 Å². The molecule has 25 heavy (non-hydrogen) atoms. The number of nitrogens with zero attached hydrogens (tertiary/aromatic N) is 1. The summed E-state index contributed by atoms with van der Waals surface area (Å²) in [6.45, 7) is 0.780. The Morgan fingerprint density at radius 3 is 2.72 bits per heavy atom. The first-order chi connectivity index (χ1) is 12.0. The van der Waals surface area contributed by atoms with E-state index in [1.807, 2.05) is 12.1 Å². The summed E-state index contributed by atoms with van der Waals surface area (Å²) in [4.78, 5) is 4.90. The normalized spacial score (nSPS) is 19.4. The molecule has 0 saturated carbocycles. The maximum Gasteiger partial charge on any atom is 0.188 e. The standard InChI is InChI=1S/C18H14Cl2N2O2S/c19-12-5-6-15-13(7-12)14(20)8-16(22-15)18-10-21-9-11-3-1-2-4-17(11)25(18,23)24/h1-8,18,21H,9-10H2. The van der Waals surface area contributed by atoms with Gasteiger partial charge in [0.2, 0.25) is 0 Å². The van der Waals surface area contributed by atoms with Gasteiger partial charge in [0.1, 0.15) is 5.25 Å². The molecule has 7 heteroatoms. The summed E-state index contributed by atoms with van der Waals surface area (Å²) in [5.74, 6) is 0. The highest BCUT2D eigenvalue weighted by Crippen LogP contribution is 2.35. The molecule has 1 unspecified atom stereocenters. The molecule has 2 heterocycles. The third kappa shape index (κ3) is 2.91. The summed E-state index contributed by atoms with van der Waals surface area (Å²) in [5, 5.41) is 4.11. The molecule has 1 aliphatic rings. The van der Waals surface area contributed by atoms with Crippen molar-refractivity contribution in [2.45, 2.75) is 16.7 Å². The molecule has 0 radical (unpaired) electrons. The van der Waals surface area contributed by atoms with Crippen molar-refractivity contribution in [1.29, 1.82) is 0 Å². The number of sulfone groups is 1. The largest absolute Gasteiger partial charge is 0.311 e. The van der Waals surface area contributed by atoms with Gasteiger partial charge in [-0.2, -0.15) is 0 Å². The van der Waals surface area contributed by atoms with E-state index < -0.39 is 15.1 Å². The minimum absolute atomic E-state index is 0.277. The molecule has 1 aliphatic heterocycles. The quantitative estimate of drug-likeness (QED) is 0.675. The lowest BCUT2D eigenvalue weighted by atomic mass is 10.1. The summed E-state index contributed by atoms with van der Waals surface area (Å²) in [7, 11) is -3.58. The van der Waals surface area contributed by atoms with Crippen LogP contribution in [0.25, 0.3) is 10.9 Å². The Morgan fingerprint density at radius 1 is 1.08 bits per heavy atom. The van der Waals surface area contributed by atoms with Crippen molar-refractivity contribution in [3.8, 4) is 0 Å². The van der Waals surface area contributed by atoms with E-state index in [2.05, 4.69) is 10.3 Å². The molecule has 0 spiro atoms. The SMILES string of the molecule is O=S1(=O)c2ccccc2CNCC1c1cc(Cl)c2cc(Cl)ccc2n1. The Hall–Kier alpha value is -1.66. The third-order valence-electron chi connectivity index (χ3n) is 4.37. The van der Waals surface area contributed by atoms with Gasteiger partial charge in [-0.05, 0) is 35.9 Å². The summed E-state index contributed by atoms with van der Waals surface area (Å²) >= 11 is 12.4. The minimum Gasteiger partial charge on any atom is -0.311 e. The lowest BCUT2D eigenvalue weighted by molar-refractivity contribution is 0.575. The number of aromatic nitrogens is 1. The van der Waals surface area contributed by atoms with Gasteiger partial charge in [0.25, 0.3) is 0 Å². The van der Waals surface area contributed by atoms with Crippen LogP contribution in [0.5, 0.6) is 0 Å². The summed E-state index contributed by atoms with van der Waals surface area (Å²) in [6, 6.07) is 13.9. The Kier molecular flexibility index (Phi) is 4.20. The maximum absolute atomic E-state index is 13.2. The molecule has 3 aromatic rings. The molecule has 128 valence electrons. The maximum atomic E-state index is 13.2. The van der Waals surface area contributed by atoms with Crippen molar-refractivity contribution in [2.24, 2.45) is 0 Å². The number of nitrogens with one attached hydrogen (secondary N) is 1. The van der Waals surface area contributed by atoms with Crippen LogP contribution in [0.2, 0.25) is 10.0 Å². The van der Waals surface area contributed by atoms with Crippen LogP contribution in [0, 0.1) is 0 Å². The number of pyridine rings is 1. The van der Waals surface area contributed by atoms with E-state index in [9.17, 15) is 8.42 Å². The lowest BCUT2D eigenvalue weighted by Crippen LogP contribution is -2.24. The van der Waals surface area contributed by atoms with Gasteiger partial charge >= 0.3 is 0 Å². The van der Waals surface area contributed by atoms with Crippen molar-refractivity contribution in [3.63, 3.8) is 0 Å². The predicted molar refractivity (Wildman–Crippen MR) is 99.8 cm³/mol. The highest BCUT2D eigenvalue weighted by molar-refractivity contribution is 7.91. The van der Waals surface area contributed by atoms with Crippen LogP contribution in [0.4, 0.5) is 0 Å². The molecule has 0 aliphatic carbocycles. The van der Waals surface area contributed by atoms with E-state index in [4.69, 9.17) is 23.2 Å². The van der Waals surface area contributed by atoms with Gasteiger partial charge in [0.05, 0.1) is 21.1 Å². The van der Waals surface area contributed by atoms with Gasteiger partial charge in [-0.3, -0.25) is 4.98 Å². The molecule has 4 nitrogen and oxygen atoms in total. The van der Waals surface area contributed by atoms with Crippen molar-refractivity contribution >= 4 is 43.9 Å². The molecule has 1 N–H and O–H groups in total. The zero-order valence-electron chi connectivity index (χ0n) is 13.0. The predicted octanol–water partition coefficient (Wildman–Crippen LogP) is 4.16. The molecular formula is C18H14Cl2N2O2S. The van der Waals surface area contributed by atoms with Crippen LogP contribution in [-0.4, -0.2) is 19.9 Å². The third-order valence-corrected chi connectivity index (χ3v) is 7.09. The first-order valence-electron chi connectivity index (χ1n) is 7.75. The number of hydrogen-bond acceptors (Lipinski definition) is 4. The van der Waals surface area contributed by atoms with Gasteiger partial charge in [-0.25, -0.2) is 8.42 Å². The van der Waals surface area contributed by atoms with Crippen LogP contribution in [0.3, 0.4) is 0 Å². The molecule has 1 aromatic heterocycles. The second-order valence-corrected chi connectivity index (χ2v) is 8.91. The van der Waals surface area contributed by atoms with Crippen molar-refractivity contribution < 1.29 is 8.42 Å². The monoisotopic (exact) mass is 392 g/mol. The van der Waals surface area contributed by atoms with Crippen LogP contribution < -0.4 is 5.32 Å². The number of benzene rings is 2. The number of fused-ring (bicyclic) bond motifs is 2. The molecule has 4 rings (SSSR count). The number of rotatable bonds is 1. The van der Waals surface area contributed by atoms with E-state index in [-0.39, 0.29) is 6.54 Å². The lowest BCUT2D eigenvalue weighted by Gasteiger charge is -2.16. The van der Waals surface area contributed by atoms with Crippen molar-refractivity contribution in [2.75, 3.05) is 6.54 Å². The van der Waals surface area contributed by atoms with Crippen LogP contribution in [0.1, 0.15) is 16.5 Å². The number of halogens is 2. The van der Waals surface area contributed by atoms with Gasteiger partial charge < -0.3 is 5.32 Å². The van der Waals surface area contributed by atoms with Crippen molar-refractivity contribution in [3.05, 3.63) is 69.8 Å². The Labute approximate surface area is 155 Å². The molecule has 0 amide bonds. The minimum atomic E-state index is -3.58. The van der Waals surface area contributed by atoms with E-state index in [1.54, 1.807) is 36.4 Å². The van der Waals surface area contributed by atoms with Crippen LogP contribution >= 0.6 is 23.2 Å². The van der Waals surface area contributed by atoms with Crippen molar-refractivity contribution in [1.82, 2.24) is 10.3 Å². The van der Waals surface area contributed by atoms with Gasteiger partial charge in [-0.1, -0.05) is 41.4 Å². The Morgan fingerprint density at radius 2 is 1.88 bits per heavy atom. The Bertz CT molecular complexity index is 1080. The van der Waals surface area contributed by atoms with E-state index in [1.165, 1.54) is 0 Å². The second kappa shape index (κ2) is 6.25. The highest BCUT2D eigenvalue weighted by atomic mass is 35.5. The Balaban J connectivity index is 1.90. The molecule has 1 atom stereocenters. The molecular weight excluding hydrogens is 379 g/mol. The van der Waals surface area contributed by atoms with E-state index in [0.717, 1.165) is 5.56 Å². The first-order valence-corrected chi connectivity index (χ1v) is 10.1. The first kappa shape index (κ1) is 16.8.